The fraction of sp³-hybridized carbons (Fsp3) is 0.667. The van der Waals surface area contributed by atoms with Gasteiger partial charge in [-0.05, 0) is 55.6 Å². The van der Waals surface area contributed by atoms with Crippen molar-refractivity contribution in [3.63, 3.8) is 0 Å². The van der Waals surface area contributed by atoms with Crippen molar-refractivity contribution in [1.29, 1.82) is 0 Å². The summed E-state index contributed by atoms with van der Waals surface area (Å²) in [5.41, 5.74) is 2.88. The molecule has 1 fully saturated rings. The highest BCUT2D eigenvalue weighted by Gasteiger charge is 2.22. The van der Waals surface area contributed by atoms with Crippen LogP contribution in [0.1, 0.15) is 64.1 Å². The average Bonchev–Trinajstić information content (AvgIpc) is 2.75. The highest BCUT2D eigenvalue weighted by molar-refractivity contribution is 5.25. The molecule has 3 atom stereocenters. The summed E-state index contributed by atoms with van der Waals surface area (Å²) in [6.07, 6.45) is 5.26. The predicted molar refractivity (Wildman–Crippen MR) is 83.3 cm³/mol. The molecule has 1 aromatic carbocycles. The number of hydrogen-bond acceptors (Lipinski definition) is 1. The van der Waals surface area contributed by atoms with Crippen LogP contribution in [0.25, 0.3) is 0 Å². The van der Waals surface area contributed by atoms with Gasteiger partial charge in [-0.15, -0.1) is 0 Å². The fourth-order valence-electron chi connectivity index (χ4n) is 3.22. The number of benzene rings is 1. The van der Waals surface area contributed by atoms with Gasteiger partial charge in [-0.25, -0.2) is 0 Å². The molecule has 2 rings (SSSR count). The standard InChI is InChI=1S/C18H29N/c1-13(2)11-16-6-8-17(9-7-16)15(4)19-18-10-5-14(3)12-18/h6-9,13-15,18-19H,5,10-12H2,1-4H3. The lowest BCUT2D eigenvalue weighted by Crippen LogP contribution is -2.29. The van der Waals surface area contributed by atoms with Crippen molar-refractivity contribution in [3.05, 3.63) is 35.4 Å². The number of hydrogen-bond donors (Lipinski definition) is 1. The van der Waals surface area contributed by atoms with Gasteiger partial charge in [0, 0.05) is 12.1 Å². The molecule has 0 saturated heterocycles. The third-order valence-electron chi connectivity index (χ3n) is 4.30. The fourth-order valence-corrected chi connectivity index (χ4v) is 3.22. The Labute approximate surface area is 118 Å². The Morgan fingerprint density at radius 2 is 1.79 bits per heavy atom. The van der Waals surface area contributed by atoms with Crippen molar-refractivity contribution in [2.75, 3.05) is 0 Å². The first-order chi connectivity index (χ1) is 9.04. The Bertz CT molecular complexity index is 379. The van der Waals surface area contributed by atoms with E-state index >= 15 is 0 Å². The summed E-state index contributed by atoms with van der Waals surface area (Å²) >= 11 is 0. The molecule has 0 radical (unpaired) electrons. The molecule has 0 amide bonds. The van der Waals surface area contributed by atoms with Gasteiger partial charge in [0.2, 0.25) is 0 Å². The van der Waals surface area contributed by atoms with Crippen molar-refractivity contribution in [2.45, 2.75) is 65.5 Å². The third kappa shape index (κ3) is 4.35. The van der Waals surface area contributed by atoms with Gasteiger partial charge in [0.15, 0.2) is 0 Å². The Balaban J connectivity index is 1.90. The van der Waals surface area contributed by atoms with E-state index in [2.05, 4.69) is 57.3 Å². The zero-order valence-electron chi connectivity index (χ0n) is 12.9. The summed E-state index contributed by atoms with van der Waals surface area (Å²) < 4.78 is 0. The van der Waals surface area contributed by atoms with Crippen LogP contribution in [-0.2, 0) is 6.42 Å². The molecule has 0 spiro atoms. The first kappa shape index (κ1) is 14.6. The minimum atomic E-state index is 0.475. The van der Waals surface area contributed by atoms with E-state index < -0.39 is 0 Å². The largest absolute Gasteiger partial charge is 0.307 e. The Morgan fingerprint density at radius 1 is 1.11 bits per heavy atom. The van der Waals surface area contributed by atoms with Gasteiger partial charge in [-0.1, -0.05) is 45.0 Å². The highest BCUT2D eigenvalue weighted by Crippen LogP contribution is 2.27. The average molecular weight is 259 g/mol. The molecule has 1 nitrogen and oxygen atoms in total. The van der Waals surface area contributed by atoms with Gasteiger partial charge in [0.1, 0.15) is 0 Å². The van der Waals surface area contributed by atoms with E-state index in [4.69, 9.17) is 0 Å². The Kier molecular flexibility index (Phi) is 5.04. The maximum absolute atomic E-state index is 3.79. The molecular weight excluding hydrogens is 230 g/mol. The smallest absolute Gasteiger partial charge is 0.0294 e. The Morgan fingerprint density at radius 3 is 2.32 bits per heavy atom. The zero-order valence-corrected chi connectivity index (χ0v) is 12.9. The van der Waals surface area contributed by atoms with Crippen molar-refractivity contribution < 1.29 is 0 Å². The molecule has 106 valence electrons. The van der Waals surface area contributed by atoms with E-state index in [-0.39, 0.29) is 0 Å². The van der Waals surface area contributed by atoms with Gasteiger partial charge in [0.25, 0.3) is 0 Å². The van der Waals surface area contributed by atoms with Crippen molar-refractivity contribution in [1.82, 2.24) is 5.32 Å². The maximum atomic E-state index is 3.79. The number of nitrogens with one attached hydrogen (secondary N) is 1. The van der Waals surface area contributed by atoms with Crippen molar-refractivity contribution >= 4 is 0 Å². The van der Waals surface area contributed by atoms with Crippen molar-refractivity contribution in [3.8, 4) is 0 Å². The quantitative estimate of drug-likeness (QED) is 0.806. The van der Waals surface area contributed by atoms with E-state index in [0.717, 1.165) is 17.9 Å². The highest BCUT2D eigenvalue weighted by atomic mass is 14.9. The van der Waals surface area contributed by atoms with Crippen LogP contribution in [0.5, 0.6) is 0 Å². The van der Waals surface area contributed by atoms with Gasteiger partial charge in [0.05, 0.1) is 0 Å². The van der Waals surface area contributed by atoms with E-state index in [9.17, 15) is 0 Å². The molecule has 0 bridgehead atoms. The molecular formula is C18H29N. The molecule has 0 heterocycles. The summed E-state index contributed by atoms with van der Waals surface area (Å²) in [4.78, 5) is 0. The van der Waals surface area contributed by atoms with Gasteiger partial charge in [-0.3, -0.25) is 0 Å². The van der Waals surface area contributed by atoms with Crippen LogP contribution >= 0.6 is 0 Å². The lowest BCUT2D eigenvalue weighted by molar-refractivity contribution is 0.449. The van der Waals surface area contributed by atoms with Gasteiger partial charge < -0.3 is 5.32 Å². The van der Waals surface area contributed by atoms with Crippen LogP contribution in [-0.4, -0.2) is 6.04 Å². The Hall–Kier alpha value is -0.820. The summed E-state index contributed by atoms with van der Waals surface area (Å²) in [6.45, 7) is 9.21. The van der Waals surface area contributed by atoms with Crippen LogP contribution in [0.3, 0.4) is 0 Å². The molecule has 1 aliphatic rings. The molecule has 0 aromatic heterocycles. The first-order valence-corrected chi connectivity index (χ1v) is 7.89. The molecule has 1 heteroatoms. The SMILES string of the molecule is CC(C)Cc1ccc(C(C)NC2CCC(C)C2)cc1. The lowest BCUT2D eigenvalue weighted by atomic mass is 9.99. The van der Waals surface area contributed by atoms with Crippen LogP contribution < -0.4 is 5.32 Å². The predicted octanol–water partition coefficient (Wildman–Crippen LogP) is 4.72. The molecule has 1 aromatic rings. The van der Waals surface area contributed by atoms with Crippen molar-refractivity contribution in [2.24, 2.45) is 11.8 Å². The van der Waals surface area contributed by atoms with Crippen LogP contribution in [0.4, 0.5) is 0 Å². The minimum absolute atomic E-state index is 0.475. The van der Waals surface area contributed by atoms with E-state index in [1.807, 2.05) is 0 Å². The third-order valence-corrected chi connectivity index (χ3v) is 4.30. The monoisotopic (exact) mass is 259 g/mol. The molecule has 1 saturated carbocycles. The van der Waals surface area contributed by atoms with E-state index in [1.165, 1.54) is 36.8 Å². The maximum Gasteiger partial charge on any atom is 0.0294 e. The molecule has 1 N–H and O–H groups in total. The molecule has 3 unspecified atom stereocenters. The van der Waals surface area contributed by atoms with Gasteiger partial charge >= 0.3 is 0 Å². The zero-order chi connectivity index (χ0) is 13.8. The normalized spacial score (nSPS) is 24.9. The lowest BCUT2D eigenvalue weighted by Gasteiger charge is -2.20. The van der Waals surface area contributed by atoms with E-state index in [0.29, 0.717) is 6.04 Å². The summed E-state index contributed by atoms with van der Waals surface area (Å²) in [5.74, 6) is 1.64. The summed E-state index contributed by atoms with van der Waals surface area (Å²) in [5, 5.41) is 3.79. The summed E-state index contributed by atoms with van der Waals surface area (Å²) in [6, 6.07) is 10.4. The van der Waals surface area contributed by atoms with Crippen LogP contribution in [0.15, 0.2) is 24.3 Å². The minimum Gasteiger partial charge on any atom is -0.307 e. The molecule has 1 aliphatic carbocycles. The second-order valence-electron chi connectivity index (χ2n) is 6.84. The molecule has 0 aliphatic heterocycles. The first-order valence-electron chi connectivity index (χ1n) is 7.89. The van der Waals surface area contributed by atoms with Crippen LogP contribution in [0, 0.1) is 11.8 Å². The topological polar surface area (TPSA) is 12.0 Å². The second-order valence-corrected chi connectivity index (χ2v) is 6.84. The van der Waals surface area contributed by atoms with Crippen LogP contribution in [0.2, 0.25) is 0 Å². The molecule has 19 heavy (non-hydrogen) atoms. The van der Waals surface area contributed by atoms with E-state index in [1.54, 1.807) is 0 Å². The summed E-state index contributed by atoms with van der Waals surface area (Å²) in [7, 11) is 0. The second kappa shape index (κ2) is 6.56. The number of rotatable bonds is 5. The van der Waals surface area contributed by atoms with Gasteiger partial charge in [-0.2, -0.15) is 0 Å².